The fraction of sp³-hybridized carbons (Fsp3) is 0.316. The number of benzene rings is 1. The molecular weight excluding hydrogens is 467 g/mol. The third kappa shape index (κ3) is 3.89. The van der Waals surface area contributed by atoms with Crippen molar-refractivity contribution in [2.24, 2.45) is 0 Å². The molecule has 9 heteroatoms. The Balaban J connectivity index is 0.00000225. The summed E-state index contributed by atoms with van der Waals surface area (Å²) in [6.07, 6.45) is 4.02. The van der Waals surface area contributed by atoms with Crippen LogP contribution in [0.1, 0.15) is 0 Å². The van der Waals surface area contributed by atoms with Gasteiger partial charge in [-0.05, 0) is 22.0 Å². The molecule has 6 nitrogen and oxygen atoms in total. The highest BCUT2D eigenvalue weighted by Crippen LogP contribution is 2.38. The Hall–Kier alpha value is -1.67. The van der Waals surface area contributed by atoms with E-state index in [4.69, 9.17) is 26.1 Å². The van der Waals surface area contributed by atoms with Crippen LogP contribution in [-0.4, -0.2) is 49.8 Å². The zero-order valence-corrected chi connectivity index (χ0v) is 18.7. The van der Waals surface area contributed by atoms with Crippen LogP contribution in [-0.2, 0) is 0 Å². The number of imidazole rings is 1. The summed E-state index contributed by atoms with van der Waals surface area (Å²) in [5.74, 6) is 1.24. The van der Waals surface area contributed by atoms with Crippen molar-refractivity contribution in [3.63, 3.8) is 0 Å². The maximum atomic E-state index is 6.32. The van der Waals surface area contributed by atoms with Crippen LogP contribution >= 0.6 is 39.9 Å². The fourth-order valence-corrected chi connectivity index (χ4v) is 4.16. The third-order valence-electron chi connectivity index (χ3n) is 4.73. The molecule has 0 spiro atoms. The normalized spacial score (nSPS) is 14.1. The van der Waals surface area contributed by atoms with E-state index in [9.17, 15) is 0 Å². The van der Waals surface area contributed by atoms with Crippen molar-refractivity contribution in [3.05, 3.63) is 40.1 Å². The van der Waals surface area contributed by atoms with Crippen LogP contribution in [0.2, 0.25) is 5.02 Å². The van der Waals surface area contributed by atoms with Crippen LogP contribution in [0.4, 0.5) is 5.69 Å². The van der Waals surface area contributed by atoms with Crippen LogP contribution in [0.5, 0.6) is 11.5 Å². The summed E-state index contributed by atoms with van der Waals surface area (Å²) in [4.78, 5) is 7.17. The summed E-state index contributed by atoms with van der Waals surface area (Å²) < 4.78 is 13.8. The van der Waals surface area contributed by atoms with E-state index in [2.05, 4.69) is 32.2 Å². The van der Waals surface area contributed by atoms with Gasteiger partial charge in [0.25, 0.3) is 0 Å². The molecule has 1 N–H and O–H groups in total. The van der Waals surface area contributed by atoms with Crippen molar-refractivity contribution < 1.29 is 9.47 Å². The molecule has 0 amide bonds. The average molecular weight is 488 g/mol. The number of ether oxygens (including phenoxy) is 2. The van der Waals surface area contributed by atoms with E-state index < -0.39 is 0 Å². The number of hydrogen-bond donors (Lipinski definition) is 1. The summed E-state index contributed by atoms with van der Waals surface area (Å²) in [6.45, 7) is 3.92. The van der Waals surface area contributed by atoms with E-state index in [0.29, 0.717) is 16.5 Å². The number of piperazine rings is 1. The predicted molar refractivity (Wildman–Crippen MR) is 119 cm³/mol. The Kier molecular flexibility index (Phi) is 6.60. The first-order valence-electron chi connectivity index (χ1n) is 8.66. The molecule has 2 aromatic heterocycles. The van der Waals surface area contributed by atoms with Gasteiger partial charge in [-0.2, -0.15) is 0 Å². The number of rotatable bonds is 4. The van der Waals surface area contributed by atoms with Gasteiger partial charge in [-0.3, -0.25) is 0 Å². The molecule has 1 aromatic carbocycles. The second-order valence-electron chi connectivity index (χ2n) is 6.32. The number of anilines is 1. The first kappa shape index (κ1) is 21.0. The standard InChI is InChI=1S/C19H20BrClN4O2.ClH/c1-26-17-9-18(27-2)14(21)7-12(17)15-11-25-10-13(20)16(8-19(25)23-15)24-5-3-22-4-6-24;/h7-11,22H,3-6H2,1-2H3;1H. The molecule has 1 aliphatic rings. The fourth-order valence-electron chi connectivity index (χ4n) is 3.34. The van der Waals surface area contributed by atoms with Gasteiger partial charge in [0.05, 0.1) is 35.1 Å². The van der Waals surface area contributed by atoms with Gasteiger partial charge in [-0.1, -0.05) is 11.6 Å². The lowest BCUT2D eigenvalue weighted by Crippen LogP contribution is -2.43. The molecular formula is C19H21BrCl2N4O2. The summed E-state index contributed by atoms with van der Waals surface area (Å²) in [6, 6.07) is 5.72. The number of nitrogens with one attached hydrogen (secondary N) is 1. The first-order chi connectivity index (χ1) is 13.1. The second kappa shape index (κ2) is 8.78. The van der Waals surface area contributed by atoms with E-state index >= 15 is 0 Å². The summed E-state index contributed by atoms with van der Waals surface area (Å²) >= 11 is 10.0. The molecule has 28 heavy (non-hydrogen) atoms. The third-order valence-corrected chi connectivity index (χ3v) is 5.64. The van der Waals surface area contributed by atoms with E-state index in [1.807, 2.05) is 22.9 Å². The molecule has 3 aromatic rings. The molecule has 0 atom stereocenters. The Morgan fingerprint density at radius 3 is 2.46 bits per heavy atom. The van der Waals surface area contributed by atoms with Gasteiger partial charge >= 0.3 is 0 Å². The largest absolute Gasteiger partial charge is 0.496 e. The van der Waals surface area contributed by atoms with Crippen molar-refractivity contribution >= 4 is 51.3 Å². The lowest BCUT2D eigenvalue weighted by molar-refractivity contribution is 0.395. The number of methoxy groups -OCH3 is 2. The smallest absolute Gasteiger partial charge is 0.141 e. The molecule has 1 saturated heterocycles. The maximum absolute atomic E-state index is 6.32. The molecule has 1 fully saturated rings. The Bertz CT molecular complexity index is 990. The Morgan fingerprint density at radius 1 is 1.07 bits per heavy atom. The summed E-state index contributed by atoms with van der Waals surface area (Å²) in [7, 11) is 3.21. The maximum Gasteiger partial charge on any atom is 0.141 e. The van der Waals surface area contributed by atoms with Crippen molar-refractivity contribution in [1.82, 2.24) is 14.7 Å². The number of pyridine rings is 1. The lowest BCUT2D eigenvalue weighted by Gasteiger charge is -2.30. The van der Waals surface area contributed by atoms with Gasteiger partial charge in [0, 0.05) is 56.3 Å². The Labute approximate surface area is 183 Å². The number of hydrogen-bond acceptors (Lipinski definition) is 5. The Morgan fingerprint density at radius 2 is 1.79 bits per heavy atom. The molecule has 1 aliphatic heterocycles. The van der Waals surface area contributed by atoms with Crippen LogP contribution < -0.4 is 19.7 Å². The molecule has 0 bridgehead atoms. The van der Waals surface area contributed by atoms with Crippen LogP contribution in [0.25, 0.3) is 16.9 Å². The monoisotopic (exact) mass is 486 g/mol. The van der Waals surface area contributed by atoms with Gasteiger partial charge in [-0.25, -0.2) is 4.98 Å². The second-order valence-corrected chi connectivity index (χ2v) is 7.58. The number of aromatic nitrogens is 2. The van der Waals surface area contributed by atoms with Gasteiger partial charge in [-0.15, -0.1) is 12.4 Å². The minimum atomic E-state index is 0. The van der Waals surface area contributed by atoms with E-state index in [-0.39, 0.29) is 12.4 Å². The molecule has 0 aliphatic carbocycles. The lowest BCUT2D eigenvalue weighted by atomic mass is 10.1. The highest BCUT2D eigenvalue weighted by Gasteiger charge is 2.18. The molecule has 3 heterocycles. The van der Waals surface area contributed by atoms with Gasteiger partial charge < -0.3 is 24.1 Å². The molecule has 4 rings (SSSR count). The molecule has 150 valence electrons. The molecule has 0 unspecified atom stereocenters. The number of halogens is 3. The summed E-state index contributed by atoms with van der Waals surface area (Å²) in [5.41, 5.74) is 3.64. The van der Waals surface area contributed by atoms with Crippen LogP contribution in [0, 0.1) is 0 Å². The van der Waals surface area contributed by atoms with Gasteiger partial charge in [0.2, 0.25) is 0 Å². The van der Waals surface area contributed by atoms with E-state index in [1.54, 1.807) is 20.3 Å². The topological polar surface area (TPSA) is 51.0 Å². The van der Waals surface area contributed by atoms with Crippen molar-refractivity contribution in [1.29, 1.82) is 0 Å². The number of fused-ring (bicyclic) bond motifs is 1. The van der Waals surface area contributed by atoms with E-state index in [0.717, 1.165) is 53.2 Å². The minimum absolute atomic E-state index is 0. The minimum Gasteiger partial charge on any atom is -0.496 e. The SMILES string of the molecule is COc1cc(OC)c(-c2cn3cc(Br)c(N4CCNCC4)cc3n2)cc1Cl.Cl. The first-order valence-corrected chi connectivity index (χ1v) is 9.83. The van der Waals surface area contributed by atoms with Gasteiger partial charge in [0.15, 0.2) is 0 Å². The van der Waals surface area contributed by atoms with Crippen LogP contribution in [0.15, 0.2) is 35.1 Å². The average Bonchev–Trinajstić information content (AvgIpc) is 3.10. The zero-order valence-electron chi connectivity index (χ0n) is 15.5. The van der Waals surface area contributed by atoms with Crippen molar-refractivity contribution in [3.8, 4) is 22.8 Å². The zero-order chi connectivity index (χ0) is 19.0. The van der Waals surface area contributed by atoms with Crippen molar-refractivity contribution in [2.45, 2.75) is 0 Å². The molecule has 0 saturated carbocycles. The highest BCUT2D eigenvalue weighted by atomic mass is 79.9. The highest BCUT2D eigenvalue weighted by molar-refractivity contribution is 9.10. The van der Waals surface area contributed by atoms with E-state index in [1.165, 1.54) is 0 Å². The van der Waals surface area contributed by atoms with Gasteiger partial charge in [0.1, 0.15) is 17.1 Å². The predicted octanol–water partition coefficient (Wildman–Crippen LogP) is 4.27. The van der Waals surface area contributed by atoms with Crippen LogP contribution in [0.3, 0.4) is 0 Å². The molecule has 0 radical (unpaired) electrons. The van der Waals surface area contributed by atoms with Crippen molar-refractivity contribution in [2.75, 3.05) is 45.3 Å². The number of nitrogens with zero attached hydrogens (tertiary/aromatic N) is 3. The quantitative estimate of drug-likeness (QED) is 0.595. The summed E-state index contributed by atoms with van der Waals surface area (Å²) in [5, 5.41) is 3.90.